The highest BCUT2D eigenvalue weighted by Gasteiger charge is 2.10. The van der Waals surface area contributed by atoms with Crippen molar-refractivity contribution < 1.29 is 15.0 Å². The Kier molecular flexibility index (Phi) is 8.38. The summed E-state index contributed by atoms with van der Waals surface area (Å²) in [5.74, 6) is -0.851. The van der Waals surface area contributed by atoms with E-state index in [0.29, 0.717) is 6.42 Å². The third-order valence-electron chi connectivity index (χ3n) is 3.30. The number of aliphatic hydroxyl groups is 1. The summed E-state index contributed by atoms with van der Waals surface area (Å²) in [6.45, 7) is 9.71. The lowest BCUT2D eigenvalue weighted by Gasteiger charge is -2.12. The molecule has 0 bridgehead atoms. The van der Waals surface area contributed by atoms with Gasteiger partial charge in [0.25, 0.3) is 0 Å². The number of aliphatic carboxylic acids is 1. The molecule has 3 nitrogen and oxygen atoms in total. The van der Waals surface area contributed by atoms with E-state index in [0.717, 1.165) is 24.8 Å². The molecule has 0 aromatic heterocycles. The van der Waals surface area contributed by atoms with Gasteiger partial charge in [0.15, 0.2) is 0 Å². The molecule has 0 aliphatic carbocycles. The number of hydrogen-bond acceptors (Lipinski definition) is 2. The second-order valence-electron chi connectivity index (χ2n) is 5.14. The van der Waals surface area contributed by atoms with Gasteiger partial charge in [0, 0.05) is 12.5 Å². The highest BCUT2D eigenvalue weighted by atomic mass is 16.4. The average molecular weight is 254 g/mol. The minimum absolute atomic E-state index is 0.134. The summed E-state index contributed by atoms with van der Waals surface area (Å²) < 4.78 is 0. The molecule has 104 valence electrons. The molecule has 0 heterocycles. The quantitative estimate of drug-likeness (QED) is 0.620. The summed E-state index contributed by atoms with van der Waals surface area (Å²) in [4.78, 5) is 10.7. The summed E-state index contributed by atoms with van der Waals surface area (Å²) >= 11 is 0. The number of rotatable bonds is 9. The van der Waals surface area contributed by atoms with Crippen molar-refractivity contribution in [2.45, 2.75) is 46.5 Å². The molecular weight excluding hydrogens is 228 g/mol. The van der Waals surface area contributed by atoms with Gasteiger partial charge in [-0.1, -0.05) is 30.7 Å². The Morgan fingerprint density at radius 1 is 1.39 bits per heavy atom. The molecule has 0 saturated carbocycles. The first-order valence-electron chi connectivity index (χ1n) is 6.53. The Morgan fingerprint density at radius 2 is 2.00 bits per heavy atom. The van der Waals surface area contributed by atoms with Gasteiger partial charge in [-0.05, 0) is 39.5 Å². The second-order valence-corrected chi connectivity index (χ2v) is 5.14. The maximum atomic E-state index is 10.7. The van der Waals surface area contributed by atoms with E-state index >= 15 is 0 Å². The standard InChI is InChI=1S/C15H26O3/c1-11(2)14(10-16)9-8-12(3)6-5-7-13(4)15(17)18/h8,13-14,16H,1,5-7,9-10H2,2-4H3,(H,17,18)/b12-8-/t13-,14-/m0/s1. The molecule has 0 amide bonds. The first-order chi connectivity index (χ1) is 8.38. The summed E-state index contributed by atoms with van der Waals surface area (Å²) in [5, 5.41) is 17.9. The van der Waals surface area contributed by atoms with Crippen LogP contribution < -0.4 is 0 Å². The number of hydrogen-bond donors (Lipinski definition) is 2. The smallest absolute Gasteiger partial charge is 0.306 e. The fourth-order valence-electron chi connectivity index (χ4n) is 1.69. The van der Waals surface area contributed by atoms with Crippen molar-refractivity contribution in [2.24, 2.45) is 11.8 Å². The predicted molar refractivity (Wildman–Crippen MR) is 74.4 cm³/mol. The zero-order valence-electron chi connectivity index (χ0n) is 11.8. The first-order valence-corrected chi connectivity index (χ1v) is 6.53. The van der Waals surface area contributed by atoms with Gasteiger partial charge in [-0.25, -0.2) is 0 Å². The van der Waals surface area contributed by atoms with Crippen LogP contribution in [0.15, 0.2) is 23.8 Å². The van der Waals surface area contributed by atoms with Gasteiger partial charge in [-0.3, -0.25) is 4.79 Å². The highest BCUT2D eigenvalue weighted by molar-refractivity contribution is 5.69. The van der Waals surface area contributed by atoms with E-state index in [1.807, 2.05) is 6.92 Å². The minimum Gasteiger partial charge on any atom is -0.481 e. The van der Waals surface area contributed by atoms with Gasteiger partial charge in [-0.15, -0.1) is 0 Å². The largest absolute Gasteiger partial charge is 0.481 e. The first kappa shape index (κ1) is 16.9. The topological polar surface area (TPSA) is 57.5 Å². The number of aliphatic hydroxyl groups excluding tert-OH is 1. The molecule has 18 heavy (non-hydrogen) atoms. The maximum absolute atomic E-state index is 10.7. The predicted octanol–water partition coefficient (Wildman–Crippen LogP) is 3.40. The summed E-state index contributed by atoms with van der Waals surface area (Å²) in [7, 11) is 0. The maximum Gasteiger partial charge on any atom is 0.306 e. The van der Waals surface area contributed by atoms with Crippen LogP contribution in [0.1, 0.15) is 46.5 Å². The minimum atomic E-state index is -0.723. The Bertz CT molecular complexity index is 305. The van der Waals surface area contributed by atoms with Gasteiger partial charge in [0.1, 0.15) is 0 Å². The van der Waals surface area contributed by atoms with Crippen LogP contribution in [-0.2, 0) is 4.79 Å². The Hall–Kier alpha value is -1.09. The molecule has 0 saturated heterocycles. The van der Waals surface area contributed by atoms with Gasteiger partial charge in [-0.2, -0.15) is 0 Å². The summed E-state index contributed by atoms with van der Waals surface area (Å²) in [5.41, 5.74) is 2.26. The number of carbonyl (C=O) groups is 1. The van der Waals surface area contributed by atoms with E-state index < -0.39 is 5.97 Å². The Labute approximate surface area is 110 Å². The molecule has 2 N–H and O–H groups in total. The molecule has 0 aliphatic heterocycles. The lowest BCUT2D eigenvalue weighted by Crippen LogP contribution is -2.09. The molecule has 0 radical (unpaired) electrons. The zero-order chi connectivity index (χ0) is 14.1. The van der Waals surface area contributed by atoms with Crippen LogP contribution in [0.25, 0.3) is 0 Å². The second kappa shape index (κ2) is 8.92. The van der Waals surface area contributed by atoms with Crippen molar-refractivity contribution in [3.05, 3.63) is 23.8 Å². The molecular formula is C15H26O3. The third-order valence-corrected chi connectivity index (χ3v) is 3.30. The molecule has 0 unspecified atom stereocenters. The van der Waals surface area contributed by atoms with Gasteiger partial charge in [0.2, 0.25) is 0 Å². The molecule has 0 spiro atoms. The molecule has 0 aliphatic rings. The Balaban J connectivity index is 3.98. The van der Waals surface area contributed by atoms with E-state index in [-0.39, 0.29) is 18.4 Å². The van der Waals surface area contributed by atoms with Crippen LogP contribution in [0.2, 0.25) is 0 Å². The lowest BCUT2D eigenvalue weighted by molar-refractivity contribution is -0.141. The normalized spacial score (nSPS) is 15.2. The van der Waals surface area contributed by atoms with E-state index in [1.165, 1.54) is 5.57 Å². The van der Waals surface area contributed by atoms with Crippen molar-refractivity contribution in [1.82, 2.24) is 0 Å². The van der Waals surface area contributed by atoms with Gasteiger partial charge >= 0.3 is 5.97 Å². The lowest BCUT2D eigenvalue weighted by atomic mass is 9.96. The molecule has 0 rings (SSSR count). The zero-order valence-corrected chi connectivity index (χ0v) is 11.8. The van der Waals surface area contributed by atoms with Crippen LogP contribution in [-0.4, -0.2) is 22.8 Å². The number of carboxylic acid groups (broad SMARTS) is 1. The molecule has 0 aromatic rings. The van der Waals surface area contributed by atoms with Crippen LogP contribution in [0.4, 0.5) is 0 Å². The van der Waals surface area contributed by atoms with Crippen molar-refractivity contribution in [1.29, 1.82) is 0 Å². The van der Waals surface area contributed by atoms with E-state index in [2.05, 4.69) is 19.6 Å². The SMILES string of the molecule is C=C(C)[C@H](CO)C/C=C(/C)CCC[C@H](C)C(=O)O. The van der Waals surface area contributed by atoms with E-state index in [4.69, 9.17) is 10.2 Å². The average Bonchev–Trinajstić information content (AvgIpc) is 2.29. The molecule has 2 atom stereocenters. The number of allylic oxidation sites excluding steroid dienone is 2. The van der Waals surface area contributed by atoms with Crippen LogP contribution in [0, 0.1) is 11.8 Å². The number of carboxylic acids is 1. The summed E-state index contributed by atoms with van der Waals surface area (Å²) in [6, 6.07) is 0. The monoisotopic (exact) mass is 254 g/mol. The highest BCUT2D eigenvalue weighted by Crippen LogP contribution is 2.17. The molecule has 0 fully saturated rings. The van der Waals surface area contributed by atoms with Crippen molar-refractivity contribution in [3.8, 4) is 0 Å². The fourth-order valence-corrected chi connectivity index (χ4v) is 1.69. The van der Waals surface area contributed by atoms with E-state index in [9.17, 15) is 4.79 Å². The third kappa shape index (κ3) is 7.28. The van der Waals surface area contributed by atoms with Crippen molar-refractivity contribution >= 4 is 5.97 Å². The molecule has 0 aromatic carbocycles. The van der Waals surface area contributed by atoms with Gasteiger partial charge < -0.3 is 10.2 Å². The Morgan fingerprint density at radius 3 is 2.44 bits per heavy atom. The molecule has 3 heteroatoms. The van der Waals surface area contributed by atoms with E-state index in [1.54, 1.807) is 6.92 Å². The van der Waals surface area contributed by atoms with Gasteiger partial charge in [0.05, 0.1) is 5.92 Å². The summed E-state index contributed by atoms with van der Waals surface area (Å²) in [6.07, 6.45) is 5.47. The van der Waals surface area contributed by atoms with Crippen molar-refractivity contribution in [2.75, 3.05) is 6.61 Å². The van der Waals surface area contributed by atoms with Crippen molar-refractivity contribution in [3.63, 3.8) is 0 Å². The van der Waals surface area contributed by atoms with Crippen LogP contribution in [0.5, 0.6) is 0 Å². The van der Waals surface area contributed by atoms with Crippen LogP contribution >= 0.6 is 0 Å². The van der Waals surface area contributed by atoms with Crippen LogP contribution in [0.3, 0.4) is 0 Å². The fraction of sp³-hybridized carbons (Fsp3) is 0.667.